The van der Waals surface area contributed by atoms with Crippen LogP contribution in [0.2, 0.25) is 0 Å². The number of carbonyl (C=O) groups is 1. The van der Waals surface area contributed by atoms with Crippen LogP contribution in [0, 0.1) is 17.2 Å². The minimum Gasteiger partial charge on any atom is -0.379 e. The zero-order chi connectivity index (χ0) is 23.5. The van der Waals surface area contributed by atoms with Gasteiger partial charge in [-0.25, -0.2) is 9.97 Å². The van der Waals surface area contributed by atoms with Crippen molar-refractivity contribution in [1.82, 2.24) is 19.9 Å². The molecule has 1 amide bonds. The van der Waals surface area contributed by atoms with Crippen LogP contribution in [0.25, 0.3) is 11.3 Å². The fourth-order valence-corrected chi connectivity index (χ4v) is 4.00. The third-order valence-corrected chi connectivity index (χ3v) is 6.24. The Labute approximate surface area is 198 Å². The summed E-state index contributed by atoms with van der Waals surface area (Å²) in [5, 5.41) is 12.4. The van der Waals surface area contributed by atoms with Gasteiger partial charge < -0.3 is 10.1 Å². The molecule has 2 aliphatic rings. The van der Waals surface area contributed by atoms with Crippen LogP contribution in [0.4, 0.5) is 5.69 Å². The van der Waals surface area contributed by atoms with Crippen molar-refractivity contribution in [2.75, 3.05) is 25.5 Å². The molecule has 3 heterocycles. The third kappa shape index (κ3) is 5.11. The summed E-state index contributed by atoms with van der Waals surface area (Å²) >= 11 is 0. The Kier molecular flexibility index (Phi) is 6.30. The van der Waals surface area contributed by atoms with Crippen LogP contribution in [0.5, 0.6) is 0 Å². The number of aromatic nitrogens is 3. The first kappa shape index (κ1) is 22.1. The van der Waals surface area contributed by atoms with E-state index in [0.717, 1.165) is 55.0 Å². The normalized spacial score (nSPS) is 16.0. The van der Waals surface area contributed by atoms with Gasteiger partial charge >= 0.3 is 0 Å². The summed E-state index contributed by atoms with van der Waals surface area (Å²) in [5.41, 5.74) is 4.57. The Hall–Kier alpha value is -3.67. The minimum absolute atomic E-state index is 0.0164. The van der Waals surface area contributed by atoms with E-state index in [1.807, 2.05) is 24.4 Å². The molecule has 1 saturated heterocycles. The number of nitrogens with zero attached hydrogens (tertiary/aromatic N) is 5. The average molecular weight is 455 g/mol. The number of benzene rings is 1. The maximum Gasteiger partial charge on any atom is 0.227 e. The molecule has 3 aromatic rings. The second kappa shape index (κ2) is 9.67. The lowest BCUT2D eigenvalue weighted by Gasteiger charge is -2.37. The Balaban J connectivity index is 1.25. The number of methoxy groups -OCH3 is 1. The maximum atomic E-state index is 12.1. The lowest BCUT2D eigenvalue weighted by atomic mass is 10.1. The molecule has 2 fully saturated rings. The molecule has 2 aromatic heterocycles. The fraction of sp³-hybridized carbons (Fsp3) is 0.346. The molecular formula is C26H26N6O2. The lowest BCUT2D eigenvalue weighted by Crippen LogP contribution is -2.51. The molecule has 0 radical (unpaired) electrons. The van der Waals surface area contributed by atoms with Gasteiger partial charge in [0.25, 0.3) is 0 Å². The highest BCUT2D eigenvalue weighted by molar-refractivity contribution is 5.95. The molecule has 1 N–H and O–H groups in total. The van der Waals surface area contributed by atoms with E-state index in [0.29, 0.717) is 29.6 Å². The quantitative estimate of drug-likeness (QED) is 0.557. The molecule has 0 atom stereocenters. The minimum atomic E-state index is -0.0164. The number of anilines is 1. The Morgan fingerprint density at radius 1 is 1.21 bits per heavy atom. The van der Waals surface area contributed by atoms with Crippen LogP contribution >= 0.6 is 0 Å². The van der Waals surface area contributed by atoms with Gasteiger partial charge in [-0.2, -0.15) is 5.26 Å². The molecule has 8 heteroatoms. The van der Waals surface area contributed by atoms with E-state index in [9.17, 15) is 10.1 Å². The zero-order valence-electron chi connectivity index (χ0n) is 19.1. The molecule has 0 spiro atoms. The predicted octanol–water partition coefficient (Wildman–Crippen LogP) is 3.18. The van der Waals surface area contributed by atoms with Crippen molar-refractivity contribution in [2.24, 2.45) is 5.92 Å². The van der Waals surface area contributed by atoms with Crippen LogP contribution in [-0.2, 0) is 22.5 Å². The molecule has 8 nitrogen and oxygen atoms in total. The number of likely N-dealkylation sites (tertiary alicyclic amines) is 1. The van der Waals surface area contributed by atoms with E-state index in [1.54, 1.807) is 25.4 Å². The molecule has 0 unspecified atom stereocenters. The third-order valence-electron chi connectivity index (χ3n) is 6.24. The van der Waals surface area contributed by atoms with E-state index in [-0.39, 0.29) is 11.8 Å². The van der Waals surface area contributed by atoms with Crippen LogP contribution in [0.3, 0.4) is 0 Å². The van der Waals surface area contributed by atoms with Gasteiger partial charge in [0.15, 0.2) is 0 Å². The number of rotatable bonds is 8. The van der Waals surface area contributed by atoms with Crippen molar-refractivity contribution in [3.05, 3.63) is 71.4 Å². The van der Waals surface area contributed by atoms with Crippen molar-refractivity contribution in [3.63, 3.8) is 0 Å². The Morgan fingerprint density at radius 3 is 2.76 bits per heavy atom. The highest BCUT2D eigenvalue weighted by atomic mass is 16.5. The summed E-state index contributed by atoms with van der Waals surface area (Å²) in [6, 6.07) is 13.5. The molecule has 1 saturated carbocycles. The maximum absolute atomic E-state index is 12.1. The van der Waals surface area contributed by atoms with Gasteiger partial charge in [0.2, 0.25) is 5.91 Å². The van der Waals surface area contributed by atoms with E-state index in [4.69, 9.17) is 9.72 Å². The topological polar surface area (TPSA) is 104 Å². The van der Waals surface area contributed by atoms with Gasteiger partial charge in [-0.1, -0.05) is 12.1 Å². The van der Waals surface area contributed by atoms with E-state index < -0.39 is 0 Å². The van der Waals surface area contributed by atoms with E-state index in [1.165, 1.54) is 0 Å². The molecule has 1 aromatic carbocycles. The molecule has 172 valence electrons. The summed E-state index contributed by atoms with van der Waals surface area (Å²) < 4.78 is 5.32. The molecule has 34 heavy (non-hydrogen) atoms. The molecule has 1 aliphatic carbocycles. The number of ether oxygens (including phenoxy) is 1. The van der Waals surface area contributed by atoms with Gasteiger partial charge in [-0.3, -0.25) is 14.7 Å². The lowest BCUT2D eigenvalue weighted by molar-refractivity contribution is -0.117. The second-order valence-corrected chi connectivity index (χ2v) is 8.88. The molecule has 1 aliphatic heterocycles. The van der Waals surface area contributed by atoms with Crippen LogP contribution in [-0.4, -0.2) is 52.1 Å². The molecule has 0 bridgehead atoms. The van der Waals surface area contributed by atoms with Crippen molar-refractivity contribution < 1.29 is 9.53 Å². The van der Waals surface area contributed by atoms with E-state index in [2.05, 4.69) is 32.3 Å². The fourth-order valence-electron chi connectivity index (χ4n) is 4.00. The Bertz CT molecular complexity index is 1230. The molecule has 5 rings (SSSR count). The number of carbonyl (C=O) groups excluding carboxylic acids is 1. The van der Waals surface area contributed by atoms with Gasteiger partial charge in [0.1, 0.15) is 11.9 Å². The molecular weight excluding hydrogens is 428 g/mol. The monoisotopic (exact) mass is 454 g/mol. The van der Waals surface area contributed by atoms with Crippen LogP contribution < -0.4 is 5.32 Å². The summed E-state index contributed by atoms with van der Waals surface area (Å²) in [7, 11) is 1.75. The van der Waals surface area contributed by atoms with Crippen molar-refractivity contribution >= 4 is 11.6 Å². The highest BCUT2D eigenvalue weighted by Crippen LogP contribution is 2.31. The first-order chi connectivity index (χ1) is 16.6. The van der Waals surface area contributed by atoms with Crippen LogP contribution in [0.1, 0.15) is 35.5 Å². The van der Waals surface area contributed by atoms with E-state index >= 15 is 0 Å². The van der Waals surface area contributed by atoms with Crippen molar-refractivity contribution in [2.45, 2.75) is 31.9 Å². The largest absolute Gasteiger partial charge is 0.379 e. The first-order valence-corrected chi connectivity index (χ1v) is 11.5. The van der Waals surface area contributed by atoms with Crippen molar-refractivity contribution in [1.29, 1.82) is 5.26 Å². The van der Waals surface area contributed by atoms with Gasteiger partial charge in [0.05, 0.1) is 28.7 Å². The Morgan fingerprint density at radius 2 is 2.06 bits per heavy atom. The average Bonchev–Trinajstić information content (AvgIpc) is 3.68. The van der Waals surface area contributed by atoms with Gasteiger partial charge in [-0.05, 0) is 42.7 Å². The van der Waals surface area contributed by atoms with Crippen molar-refractivity contribution in [3.8, 4) is 17.3 Å². The first-order valence-electron chi connectivity index (χ1n) is 11.5. The van der Waals surface area contributed by atoms with Crippen LogP contribution in [0.15, 0.2) is 48.8 Å². The SMILES string of the molecule is COC1CN(Cc2ccc(Cc3nccc(-c4ccc(NC(=O)C5CC5)c(C#N)c4)n3)cn2)C1. The van der Waals surface area contributed by atoms with Gasteiger partial charge in [0, 0.05) is 57.0 Å². The summed E-state index contributed by atoms with van der Waals surface area (Å²) in [4.78, 5) is 28.1. The number of hydrogen-bond donors (Lipinski definition) is 1. The number of nitrogens with one attached hydrogen (secondary N) is 1. The summed E-state index contributed by atoms with van der Waals surface area (Å²) in [6.07, 6.45) is 6.35. The smallest absolute Gasteiger partial charge is 0.227 e. The zero-order valence-corrected chi connectivity index (χ0v) is 19.1. The summed E-state index contributed by atoms with van der Waals surface area (Å²) in [5.74, 6) is 0.748. The van der Waals surface area contributed by atoms with Gasteiger partial charge in [-0.15, -0.1) is 0 Å². The number of amides is 1. The number of nitriles is 1. The highest BCUT2D eigenvalue weighted by Gasteiger charge is 2.30. The predicted molar refractivity (Wildman–Crippen MR) is 127 cm³/mol. The number of hydrogen-bond acceptors (Lipinski definition) is 7. The second-order valence-electron chi connectivity index (χ2n) is 8.88. The standard InChI is InChI=1S/C26H26N6O2/c1-34-22-15-32(16-22)14-21-6-2-17(13-29-21)10-25-28-9-8-24(30-25)19-5-7-23(20(11-19)12-27)31-26(33)18-3-4-18/h2,5-9,11,13,18,22H,3-4,10,14-16H2,1H3,(H,31,33). The number of pyridine rings is 1. The summed E-state index contributed by atoms with van der Waals surface area (Å²) in [6.45, 7) is 2.72.